The lowest BCUT2D eigenvalue weighted by Crippen LogP contribution is -2.22. The van der Waals surface area contributed by atoms with E-state index in [1.165, 1.54) is 6.92 Å². The molecule has 0 heterocycles. The molecule has 0 fully saturated rings. The molecule has 102 valence electrons. The number of thioether (sulfide) groups is 1. The van der Waals surface area contributed by atoms with Crippen molar-refractivity contribution in [3.8, 4) is 0 Å². The Bertz CT molecular complexity index is 522. The van der Waals surface area contributed by atoms with Gasteiger partial charge in [0.15, 0.2) is 10.9 Å². The SMILES string of the molecule is CC(=O)SC(CC(=O)c1ccc(C)c(C)c1)C(=O)O. The van der Waals surface area contributed by atoms with Crippen molar-refractivity contribution in [2.75, 3.05) is 0 Å². The van der Waals surface area contributed by atoms with Gasteiger partial charge in [0.25, 0.3) is 0 Å². The Morgan fingerprint density at radius 1 is 1.21 bits per heavy atom. The van der Waals surface area contributed by atoms with Crippen LogP contribution in [0.1, 0.15) is 34.8 Å². The van der Waals surface area contributed by atoms with E-state index in [-0.39, 0.29) is 17.3 Å². The van der Waals surface area contributed by atoms with Gasteiger partial charge in [0.1, 0.15) is 5.25 Å². The van der Waals surface area contributed by atoms with E-state index in [1.54, 1.807) is 12.1 Å². The molecule has 19 heavy (non-hydrogen) atoms. The highest BCUT2D eigenvalue weighted by molar-refractivity contribution is 8.14. The highest BCUT2D eigenvalue weighted by Crippen LogP contribution is 2.19. The van der Waals surface area contributed by atoms with Gasteiger partial charge in [-0.25, -0.2) is 0 Å². The van der Waals surface area contributed by atoms with E-state index in [1.807, 2.05) is 19.9 Å². The fourth-order valence-electron chi connectivity index (χ4n) is 1.58. The molecule has 0 aliphatic rings. The summed E-state index contributed by atoms with van der Waals surface area (Å²) in [5.74, 6) is -1.40. The molecule has 1 unspecified atom stereocenters. The van der Waals surface area contributed by atoms with Crippen molar-refractivity contribution in [3.63, 3.8) is 0 Å². The van der Waals surface area contributed by atoms with Gasteiger partial charge in [0, 0.05) is 18.9 Å². The van der Waals surface area contributed by atoms with Gasteiger partial charge in [0.05, 0.1) is 0 Å². The predicted octanol–water partition coefficient (Wildman–Crippen LogP) is 2.61. The van der Waals surface area contributed by atoms with E-state index in [0.717, 1.165) is 11.1 Å². The number of carboxylic acid groups (broad SMARTS) is 1. The minimum atomic E-state index is -1.14. The first-order chi connectivity index (χ1) is 8.81. The number of Topliss-reactive ketones (excluding diaryl/α,β-unsaturated/α-hetero) is 1. The van der Waals surface area contributed by atoms with Gasteiger partial charge in [-0.1, -0.05) is 23.9 Å². The molecule has 0 bridgehead atoms. The minimum Gasteiger partial charge on any atom is -0.480 e. The van der Waals surface area contributed by atoms with E-state index in [0.29, 0.717) is 17.3 Å². The first-order valence-corrected chi connectivity index (χ1v) is 6.69. The average molecular weight is 280 g/mol. The summed E-state index contributed by atoms with van der Waals surface area (Å²) in [6.07, 6.45) is -0.178. The smallest absolute Gasteiger partial charge is 0.317 e. The second kappa shape index (κ2) is 6.52. The molecule has 1 atom stereocenters. The molecule has 0 aromatic heterocycles. The van der Waals surface area contributed by atoms with Crippen LogP contribution in [0.2, 0.25) is 0 Å². The maximum Gasteiger partial charge on any atom is 0.317 e. The standard InChI is InChI=1S/C14H16O4S/c1-8-4-5-11(6-9(8)2)12(16)7-13(14(17)18)19-10(3)15/h4-6,13H,7H2,1-3H3,(H,17,18). The lowest BCUT2D eigenvalue weighted by Gasteiger charge is -2.10. The summed E-state index contributed by atoms with van der Waals surface area (Å²) < 4.78 is 0. The zero-order valence-electron chi connectivity index (χ0n) is 11.1. The van der Waals surface area contributed by atoms with Crippen LogP contribution < -0.4 is 0 Å². The highest BCUT2D eigenvalue weighted by Gasteiger charge is 2.24. The third-order valence-corrected chi connectivity index (χ3v) is 3.77. The van der Waals surface area contributed by atoms with Crippen LogP contribution in [0, 0.1) is 13.8 Å². The van der Waals surface area contributed by atoms with Crippen molar-refractivity contribution in [3.05, 3.63) is 34.9 Å². The number of benzene rings is 1. The third-order valence-electron chi connectivity index (χ3n) is 2.78. The maximum atomic E-state index is 12.0. The lowest BCUT2D eigenvalue weighted by atomic mass is 10.0. The van der Waals surface area contributed by atoms with Crippen LogP contribution >= 0.6 is 11.8 Å². The Morgan fingerprint density at radius 2 is 1.84 bits per heavy atom. The van der Waals surface area contributed by atoms with Gasteiger partial charge in [-0.15, -0.1) is 0 Å². The Labute approximate surface area is 116 Å². The molecule has 0 aliphatic carbocycles. The Morgan fingerprint density at radius 3 is 2.32 bits per heavy atom. The predicted molar refractivity (Wildman–Crippen MR) is 74.6 cm³/mol. The van der Waals surface area contributed by atoms with E-state index in [9.17, 15) is 14.4 Å². The van der Waals surface area contributed by atoms with Gasteiger partial charge in [-0.05, 0) is 31.0 Å². The average Bonchev–Trinajstić information content (AvgIpc) is 2.31. The van der Waals surface area contributed by atoms with Crippen LogP contribution in [-0.2, 0) is 9.59 Å². The monoisotopic (exact) mass is 280 g/mol. The Kier molecular flexibility index (Phi) is 5.30. The van der Waals surface area contributed by atoms with Gasteiger partial charge in [-0.3, -0.25) is 14.4 Å². The second-order valence-electron chi connectivity index (χ2n) is 4.36. The number of rotatable bonds is 5. The van der Waals surface area contributed by atoms with Crippen molar-refractivity contribution in [1.29, 1.82) is 0 Å². The molecular weight excluding hydrogens is 264 g/mol. The zero-order valence-corrected chi connectivity index (χ0v) is 11.9. The number of hydrogen-bond acceptors (Lipinski definition) is 4. The van der Waals surface area contributed by atoms with Crippen LogP contribution in [0.3, 0.4) is 0 Å². The molecule has 4 nitrogen and oxygen atoms in total. The first kappa shape index (κ1) is 15.4. The van der Waals surface area contributed by atoms with Gasteiger partial charge in [0.2, 0.25) is 0 Å². The van der Waals surface area contributed by atoms with Crippen LogP contribution in [0.25, 0.3) is 0 Å². The van der Waals surface area contributed by atoms with E-state index >= 15 is 0 Å². The van der Waals surface area contributed by atoms with Crippen molar-refractivity contribution >= 4 is 28.6 Å². The van der Waals surface area contributed by atoms with Gasteiger partial charge in [-0.2, -0.15) is 0 Å². The molecule has 1 aromatic carbocycles. The molecule has 0 aliphatic heterocycles. The van der Waals surface area contributed by atoms with E-state index in [2.05, 4.69) is 0 Å². The molecule has 0 radical (unpaired) electrons. The number of ketones is 1. The fraction of sp³-hybridized carbons (Fsp3) is 0.357. The maximum absolute atomic E-state index is 12.0. The van der Waals surface area contributed by atoms with E-state index < -0.39 is 11.2 Å². The van der Waals surface area contributed by atoms with Gasteiger partial charge < -0.3 is 5.11 Å². The normalized spacial score (nSPS) is 11.9. The molecule has 5 heteroatoms. The lowest BCUT2D eigenvalue weighted by molar-refractivity contribution is -0.136. The molecule has 1 rings (SSSR count). The quantitative estimate of drug-likeness (QED) is 0.839. The highest BCUT2D eigenvalue weighted by atomic mass is 32.2. The number of carbonyl (C=O) groups excluding carboxylic acids is 2. The Balaban J connectivity index is 2.84. The number of carboxylic acids is 1. The third kappa shape index (κ3) is 4.52. The number of aliphatic carboxylic acids is 1. The largest absolute Gasteiger partial charge is 0.480 e. The first-order valence-electron chi connectivity index (χ1n) is 5.81. The molecule has 0 saturated heterocycles. The summed E-state index contributed by atoms with van der Waals surface area (Å²) in [4.78, 5) is 34.0. The molecule has 1 N–H and O–H groups in total. The number of hydrogen-bond donors (Lipinski definition) is 1. The van der Waals surface area contributed by atoms with Crippen LogP contribution in [0.4, 0.5) is 0 Å². The van der Waals surface area contributed by atoms with E-state index in [4.69, 9.17) is 5.11 Å². The minimum absolute atomic E-state index is 0.178. The summed E-state index contributed by atoms with van der Waals surface area (Å²) >= 11 is 0.679. The van der Waals surface area contributed by atoms with Crippen LogP contribution in [0.15, 0.2) is 18.2 Å². The Hall–Kier alpha value is -1.62. The van der Waals surface area contributed by atoms with Crippen LogP contribution in [0.5, 0.6) is 0 Å². The molecular formula is C14H16O4S. The van der Waals surface area contributed by atoms with Crippen LogP contribution in [-0.4, -0.2) is 27.2 Å². The molecule has 0 saturated carbocycles. The summed E-state index contributed by atoms with van der Waals surface area (Å²) in [7, 11) is 0. The zero-order chi connectivity index (χ0) is 14.6. The van der Waals surface area contributed by atoms with Crippen molar-refractivity contribution in [1.82, 2.24) is 0 Å². The van der Waals surface area contributed by atoms with Crippen molar-refractivity contribution in [2.45, 2.75) is 32.4 Å². The second-order valence-corrected chi connectivity index (χ2v) is 5.74. The van der Waals surface area contributed by atoms with Gasteiger partial charge >= 0.3 is 5.97 Å². The number of carbonyl (C=O) groups is 3. The summed E-state index contributed by atoms with van der Waals surface area (Å²) in [5.41, 5.74) is 2.54. The molecule has 1 aromatic rings. The molecule has 0 spiro atoms. The number of aryl methyl sites for hydroxylation is 2. The summed E-state index contributed by atoms with van der Waals surface area (Å²) in [5, 5.41) is 7.66. The van der Waals surface area contributed by atoms with Crippen molar-refractivity contribution < 1.29 is 19.5 Å². The summed E-state index contributed by atoms with van der Waals surface area (Å²) in [6.45, 7) is 5.13. The summed E-state index contributed by atoms with van der Waals surface area (Å²) in [6, 6.07) is 5.26. The molecule has 0 amide bonds. The topological polar surface area (TPSA) is 71.4 Å². The van der Waals surface area contributed by atoms with Crippen molar-refractivity contribution in [2.24, 2.45) is 0 Å². The fourth-order valence-corrected chi connectivity index (χ4v) is 2.32.